The first-order valence-corrected chi connectivity index (χ1v) is 10.7. The van der Waals surface area contributed by atoms with Crippen molar-refractivity contribution in [2.45, 2.75) is 0 Å². The molecule has 29 heavy (non-hydrogen) atoms. The Morgan fingerprint density at radius 2 is 1.76 bits per heavy atom. The van der Waals surface area contributed by atoms with E-state index in [1.54, 1.807) is 12.1 Å². The van der Waals surface area contributed by atoms with Gasteiger partial charge in [0.05, 0.1) is 31.1 Å². The van der Waals surface area contributed by atoms with Gasteiger partial charge in [0.1, 0.15) is 5.75 Å². The predicted octanol–water partition coefficient (Wildman–Crippen LogP) is 4.43. The molecule has 0 bridgehead atoms. The van der Waals surface area contributed by atoms with Crippen LogP contribution in [0.25, 0.3) is 11.4 Å². The molecule has 2 aromatic carbocycles. The van der Waals surface area contributed by atoms with Gasteiger partial charge in [-0.25, -0.2) is 5.10 Å². The Labute approximate surface area is 199 Å². The van der Waals surface area contributed by atoms with Crippen LogP contribution in [0.1, 0.15) is 5.56 Å². The van der Waals surface area contributed by atoms with Gasteiger partial charge >= 0.3 is 0 Å². The van der Waals surface area contributed by atoms with Gasteiger partial charge < -0.3 is 19.3 Å². The molecule has 0 saturated heterocycles. The molecule has 3 aromatic rings. The minimum Gasteiger partial charge on any atom is -0.506 e. The zero-order chi connectivity index (χ0) is 21.1. The predicted molar refractivity (Wildman–Crippen MR) is 129 cm³/mol. The Balaban J connectivity index is 2.11. The third kappa shape index (κ3) is 4.50. The fraction of sp³-hybridized carbons (Fsp3) is 0.167. The molecule has 3 rings (SSSR count). The number of hydrogen-bond donors (Lipinski definition) is 2. The minimum atomic E-state index is 0.152. The molecule has 0 fully saturated rings. The molecule has 11 heteroatoms. The van der Waals surface area contributed by atoms with Crippen LogP contribution in [0, 0.1) is 11.9 Å². The number of H-pyrrole nitrogens is 1. The summed E-state index contributed by atoms with van der Waals surface area (Å²) in [5.41, 5.74) is 1.23. The van der Waals surface area contributed by atoms with E-state index in [1.165, 1.54) is 32.2 Å². The Morgan fingerprint density at radius 3 is 2.34 bits per heavy atom. The highest BCUT2D eigenvalue weighted by atomic mass is 127. The molecular weight excluding hydrogens is 622 g/mol. The summed E-state index contributed by atoms with van der Waals surface area (Å²) < 4.78 is 19.6. The van der Waals surface area contributed by atoms with Crippen LogP contribution in [0.15, 0.2) is 29.4 Å². The molecule has 2 N–H and O–H groups in total. The lowest BCUT2D eigenvalue weighted by Crippen LogP contribution is -1.99. The lowest BCUT2D eigenvalue weighted by Gasteiger charge is -2.13. The summed E-state index contributed by atoms with van der Waals surface area (Å²) in [5.74, 6) is 2.04. The van der Waals surface area contributed by atoms with Crippen molar-refractivity contribution in [1.29, 1.82) is 0 Å². The third-order valence-corrected chi connectivity index (χ3v) is 5.65. The summed E-state index contributed by atoms with van der Waals surface area (Å²) >= 11 is 9.58. The number of aromatic nitrogens is 3. The minimum absolute atomic E-state index is 0.152. The van der Waals surface area contributed by atoms with Gasteiger partial charge in [0.15, 0.2) is 17.3 Å². The standard InChI is InChI=1S/C18H16I2N4O4S/c1-26-13-5-9(6-14(27-2)16(13)28-3)17-22-23-18(29)24(17)21-8-10-4-11(19)7-12(20)15(10)25/h4-8,25H,1-3H3,(H,23,29). The number of aromatic amines is 1. The van der Waals surface area contributed by atoms with Crippen molar-refractivity contribution < 1.29 is 19.3 Å². The Kier molecular flexibility index (Phi) is 7.00. The van der Waals surface area contributed by atoms with Gasteiger partial charge in [-0.1, -0.05) is 0 Å². The van der Waals surface area contributed by atoms with Gasteiger partial charge in [-0.05, 0) is 81.7 Å². The van der Waals surface area contributed by atoms with E-state index in [2.05, 4.69) is 60.5 Å². The molecule has 0 unspecified atom stereocenters. The normalized spacial score (nSPS) is 11.1. The number of aromatic hydroxyl groups is 1. The van der Waals surface area contributed by atoms with Gasteiger partial charge in [0, 0.05) is 14.7 Å². The number of halogens is 2. The number of ether oxygens (including phenoxy) is 3. The van der Waals surface area contributed by atoms with Gasteiger partial charge in [0.25, 0.3) is 0 Å². The number of nitrogens with zero attached hydrogens (tertiary/aromatic N) is 3. The van der Waals surface area contributed by atoms with Crippen LogP contribution in [-0.4, -0.2) is 47.5 Å². The molecule has 1 heterocycles. The maximum Gasteiger partial charge on any atom is 0.216 e. The second kappa shape index (κ2) is 9.30. The first kappa shape index (κ1) is 21.8. The smallest absolute Gasteiger partial charge is 0.216 e. The quantitative estimate of drug-likeness (QED) is 0.236. The Hall–Kier alpha value is -1.87. The summed E-state index contributed by atoms with van der Waals surface area (Å²) in [6.07, 6.45) is 1.53. The second-order valence-corrected chi connectivity index (χ2v) is 8.44. The van der Waals surface area contributed by atoms with E-state index in [4.69, 9.17) is 26.4 Å². The number of nitrogens with one attached hydrogen (secondary N) is 1. The van der Waals surface area contributed by atoms with E-state index in [0.717, 1.165) is 7.14 Å². The number of hydrogen-bond acceptors (Lipinski definition) is 7. The van der Waals surface area contributed by atoms with Gasteiger partial charge in [0.2, 0.25) is 10.5 Å². The van der Waals surface area contributed by atoms with Gasteiger partial charge in [-0.2, -0.15) is 14.9 Å². The first-order chi connectivity index (χ1) is 13.9. The van der Waals surface area contributed by atoms with Crippen molar-refractivity contribution in [3.8, 4) is 34.4 Å². The number of rotatable bonds is 6. The van der Waals surface area contributed by atoms with Crippen molar-refractivity contribution in [3.63, 3.8) is 0 Å². The SMILES string of the molecule is COc1cc(-c2n[nH]c(=S)n2N=Cc2cc(I)cc(I)c2O)cc(OC)c1OC. The average Bonchev–Trinajstić information content (AvgIpc) is 3.08. The molecule has 0 amide bonds. The molecule has 0 aliphatic heterocycles. The number of methoxy groups -OCH3 is 3. The van der Waals surface area contributed by atoms with Crippen molar-refractivity contribution in [1.82, 2.24) is 14.9 Å². The van der Waals surface area contributed by atoms with Crippen LogP contribution in [0.2, 0.25) is 0 Å². The number of benzene rings is 2. The van der Waals surface area contributed by atoms with Crippen molar-refractivity contribution in [3.05, 3.63) is 41.7 Å². The average molecular weight is 638 g/mol. The summed E-state index contributed by atoms with van der Waals surface area (Å²) in [6, 6.07) is 7.21. The van der Waals surface area contributed by atoms with Crippen LogP contribution >= 0.6 is 57.4 Å². The largest absolute Gasteiger partial charge is 0.506 e. The summed E-state index contributed by atoms with van der Waals surface area (Å²) in [7, 11) is 4.62. The van der Waals surface area contributed by atoms with Crippen LogP contribution in [-0.2, 0) is 0 Å². The lowest BCUT2D eigenvalue weighted by atomic mass is 10.1. The second-order valence-electron chi connectivity index (χ2n) is 5.65. The van der Waals surface area contributed by atoms with E-state index < -0.39 is 0 Å². The molecule has 152 valence electrons. The molecule has 0 atom stereocenters. The van der Waals surface area contributed by atoms with Crippen molar-refractivity contribution >= 4 is 63.6 Å². The molecule has 1 aromatic heterocycles. The fourth-order valence-corrected chi connectivity index (χ4v) is 4.67. The van der Waals surface area contributed by atoms with Gasteiger partial charge in [-0.3, -0.25) is 0 Å². The molecule has 0 saturated carbocycles. The van der Waals surface area contributed by atoms with Crippen molar-refractivity contribution in [2.75, 3.05) is 21.3 Å². The van der Waals surface area contributed by atoms with E-state index in [-0.39, 0.29) is 5.75 Å². The highest BCUT2D eigenvalue weighted by molar-refractivity contribution is 14.1. The molecule has 0 radical (unpaired) electrons. The molecule has 0 aliphatic rings. The summed E-state index contributed by atoms with van der Waals surface area (Å²) in [5, 5.41) is 21.7. The zero-order valence-electron chi connectivity index (χ0n) is 15.6. The maximum absolute atomic E-state index is 10.3. The third-order valence-electron chi connectivity index (χ3n) is 3.94. The van der Waals surface area contributed by atoms with Crippen LogP contribution in [0.4, 0.5) is 0 Å². The summed E-state index contributed by atoms with van der Waals surface area (Å²) in [6.45, 7) is 0. The van der Waals surface area contributed by atoms with Gasteiger partial charge in [-0.15, -0.1) is 0 Å². The Bertz CT molecular complexity index is 1120. The monoisotopic (exact) mass is 638 g/mol. The molecular formula is C18H16I2N4O4S. The summed E-state index contributed by atoms with van der Waals surface area (Å²) in [4.78, 5) is 0. The van der Waals surface area contributed by atoms with E-state index in [9.17, 15) is 5.11 Å². The van der Waals surface area contributed by atoms with Crippen LogP contribution in [0.3, 0.4) is 0 Å². The van der Waals surface area contributed by atoms with Crippen LogP contribution in [0.5, 0.6) is 23.0 Å². The lowest BCUT2D eigenvalue weighted by molar-refractivity contribution is 0.324. The highest BCUT2D eigenvalue weighted by Crippen LogP contribution is 2.40. The van der Waals surface area contributed by atoms with Crippen molar-refractivity contribution in [2.24, 2.45) is 5.10 Å². The molecule has 0 aliphatic carbocycles. The fourth-order valence-electron chi connectivity index (χ4n) is 2.60. The first-order valence-electron chi connectivity index (χ1n) is 8.09. The highest BCUT2D eigenvalue weighted by Gasteiger charge is 2.17. The van der Waals surface area contributed by atoms with Crippen LogP contribution < -0.4 is 14.2 Å². The number of phenols is 1. The van der Waals surface area contributed by atoms with E-state index in [0.29, 0.717) is 39.0 Å². The molecule has 0 spiro atoms. The maximum atomic E-state index is 10.3. The Morgan fingerprint density at radius 1 is 1.10 bits per heavy atom. The topological polar surface area (TPSA) is 93.9 Å². The zero-order valence-corrected chi connectivity index (χ0v) is 20.7. The molecule has 8 nitrogen and oxygen atoms in total. The number of phenolic OH excluding ortho intramolecular Hbond substituents is 1. The van der Waals surface area contributed by atoms with E-state index in [1.807, 2.05) is 12.1 Å². The van der Waals surface area contributed by atoms with E-state index >= 15 is 0 Å².